The van der Waals surface area contributed by atoms with Crippen LogP contribution in [0.4, 0.5) is 4.39 Å². The molecule has 0 bridgehead atoms. The maximum Gasteiger partial charge on any atom is 0.166 e. The highest BCUT2D eigenvalue weighted by Gasteiger charge is 2.36. The van der Waals surface area contributed by atoms with Gasteiger partial charge in [-0.3, -0.25) is 0 Å². The molecule has 0 amide bonds. The predicted molar refractivity (Wildman–Crippen MR) is 74.7 cm³/mol. The van der Waals surface area contributed by atoms with E-state index in [9.17, 15) is 4.39 Å². The molecule has 0 atom stereocenters. The van der Waals surface area contributed by atoms with E-state index in [0.717, 1.165) is 38.9 Å². The topological polar surface area (TPSA) is 21.7 Å². The molecule has 3 rings (SSSR count). The van der Waals surface area contributed by atoms with Crippen molar-refractivity contribution in [2.75, 3.05) is 19.6 Å². The first-order valence-corrected chi connectivity index (χ1v) is 7.48. The second-order valence-corrected chi connectivity index (χ2v) is 5.76. The van der Waals surface area contributed by atoms with Crippen molar-refractivity contribution in [2.24, 2.45) is 5.92 Å². The first-order valence-electron chi connectivity index (χ1n) is 7.48. The van der Waals surface area contributed by atoms with Crippen LogP contribution in [0.2, 0.25) is 0 Å². The molecule has 1 aromatic rings. The predicted octanol–water partition coefficient (Wildman–Crippen LogP) is 2.80. The van der Waals surface area contributed by atoms with Crippen LogP contribution < -0.4 is 0 Å². The maximum atomic E-state index is 12.8. The largest absolute Gasteiger partial charge is 0.324 e. The van der Waals surface area contributed by atoms with Crippen molar-refractivity contribution in [3.05, 3.63) is 35.6 Å². The standard InChI is InChI=1S/C16H22FNO2/c1-12-19-16(20-12)14-7-10-18(11-8-14)9-6-13-2-4-15(17)5-3-13/h2-5,12,14,16H,6-11H2,1H3. The number of halogens is 1. The van der Waals surface area contributed by atoms with Crippen molar-refractivity contribution in [3.63, 3.8) is 0 Å². The highest BCUT2D eigenvalue weighted by atomic mass is 19.1. The maximum absolute atomic E-state index is 12.8. The fourth-order valence-corrected chi connectivity index (χ4v) is 3.00. The van der Waals surface area contributed by atoms with Gasteiger partial charge in [0, 0.05) is 12.5 Å². The van der Waals surface area contributed by atoms with Crippen LogP contribution in [0.5, 0.6) is 0 Å². The first-order chi connectivity index (χ1) is 9.70. The summed E-state index contributed by atoms with van der Waals surface area (Å²) in [4.78, 5) is 2.47. The molecular weight excluding hydrogens is 257 g/mol. The molecule has 0 spiro atoms. The van der Waals surface area contributed by atoms with Gasteiger partial charge in [0.2, 0.25) is 0 Å². The molecule has 2 aliphatic heterocycles. The highest BCUT2D eigenvalue weighted by molar-refractivity contribution is 5.16. The third-order valence-electron chi connectivity index (χ3n) is 4.30. The van der Waals surface area contributed by atoms with Crippen LogP contribution in [0.25, 0.3) is 0 Å². The van der Waals surface area contributed by atoms with Crippen molar-refractivity contribution in [1.29, 1.82) is 0 Å². The summed E-state index contributed by atoms with van der Waals surface area (Å²) in [6, 6.07) is 6.82. The molecule has 1 aromatic carbocycles. The van der Waals surface area contributed by atoms with Gasteiger partial charge < -0.3 is 14.4 Å². The average molecular weight is 279 g/mol. The molecule has 0 unspecified atom stereocenters. The summed E-state index contributed by atoms with van der Waals surface area (Å²) in [7, 11) is 0. The van der Waals surface area contributed by atoms with Gasteiger partial charge in [0.05, 0.1) is 0 Å². The summed E-state index contributed by atoms with van der Waals surface area (Å²) < 4.78 is 24.0. The van der Waals surface area contributed by atoms with Crippen molar-refractivity contribution < 1.29 is 13.9 Å². The van der Waals surface area contributed by atoms with Gasteiger partial charge in [0.25, 0.3) is 0 Å². The number of piperidine rings is 1. The second-order valence-electron chi connectivity index (χ2n) is 5.76. The Balaban J connectivity index is 1.39. The van der Waals surface area contributed by atoms with E-state index in [1.54, 1.807) is 0 Å². The van der Waals surface area contributed by atoms with E-state index in [0.29, 0.717) is 5.92 Å². The number of rotatable bonds is 4. The lowest BCUT2D eigenvalue weighted by Crippen LogP contribution is -2.48. The second kappa shape index (κ2) is 6.20. The van der Waals surface area contributed by atoms with Crippen LogP contribution in [-0.2, 0) is 15.9 Å². The van der Waals surface area contributed by atoms with Crippen LogP contribution in [0.1, 0.15) is 25.3 Å². The molecular formula is C16H22FNO2. The number of nitrogens with zero attached hydrogens (tertiary/aromatic N) is 1. The van der Waals surface area contributed by atoms with Crippen LogP contribution in [0.15, 0.2) is 24.3 Å². The van der Waals surface area contributed by atoms with E-state index in [2.05, 4.69) is 4.90 Å². The van der Waals surface area contributed by atoms with E-state index < -0.39 is 0 Å². The lowest BCUT2D eigenvalue weighted by Gasteiger charge is -2.42. The van der Waals surface area contributed by atoms with E-state index in [1.165, 1.54) is 17.7 Å². The summed E-state index contributed by atoms with van der Waals surface area (Å²) in [5.74, 6) is 0.387. The molecule has 2 aliphatic rings. The fourth-order valence-electron chi connectivity index (χ4n) is 3.00. The third-order valence-corrected chi connectivity index (χ3v) is 4.30. The molecule has 2 fully saturated rings. The SMILES string of the molecule is CC1OC(C2CCN(CCc3ccc(F)cc3)CC2)O1. The third kappa shape index (κ3) is 3.37. The Kier molecular flexibility index (Phi) is 4.34. The van der Waals surface area contributed by atoms with Gasteiger partial charge in [-0.1, -0.05) is 12.1 Å². The van der Waals surface area contributed by atoms with Gasteiger partial charge in [0.15, 0.2) is 12.6 Å². The minimum Gasteiger partial charge on any atom is -0.324 e. The quantitative estimate of drug-likeness (QED) is 0.846. The Morgan fingerprint density at radius 3 is 2.40 bits per heavy atom. The zero-order valence-corrected chi connectivity index (χ0v) is 11.9. The highest BCUT2D eigenvalue weighted by Crippen LogP contribution is 2.30. The molecule has 3 nitrogen and oxygen atoms in total. The number of likely N-dealkylation sites (tertiary alicyclic amines) is 1. The minimum atomic E-state index is -0.163. The molecule has 2 heterocycles. The van der Waals surface area contributed by atoms with E-state index in [4.69, 9.17) is 9.47 Å². The Bertz CT molecular complexity index is 423. The van der Waals surface area contributed by atoms with Crippen LogP contribution in [0, 0.1) is 11.7 Å². The van der Waals surface area contributed by atoms with Crippen LogP contribution in [0.3, 0.4) is 0 Å². The average Bonchev–Trinajstić information content (AvgIpc) is 2.44. The van der Waals surface area contributed by atoms with E-state index in [1.807, 2.05) is 19.1 Å². The number of hydrogen-bond donors (Lipinski definition) is 0. The molecule has 2 saturated heterocycles. The van der Waals surface area contributed by atoms with E-state index >= 15 is 0 Å². The number of hydrogen-bond acceptors (Lipinski definition) is 3. The molecule has 4 heteroatoms. The smallest absolute Gasteiger partial charge is 0.166 e. The minimum absolute atomic E-state index is 0.0171. The van der Waals surface area contributed by atoms with Gasteiger partial charge in [-0.25, -0.2) is 4.39 Å². The van der Waals surface area contributed by atoms with Crippen LogP contribution in [-0.4, -0.2) is 37.1 Å². The van der Waals surface area contributed by atoms with Crippen LogP contribution >= 0.6 is 0 Å². The monoisotopic (exact) mass is 279 g/mol. The van der Waals surface area contributed by atoms with Gasteiger partial charge >= 0.3 is 0 Å². The zero-order valence-electron chi connectivity index (χ0n) is 11.9. The van der Waals surface area contributed by atoms with Gasteiger partial charge in [0.1, 0.15) is 5.82 Å². The van der Waals surface area contributed by atoms with E-state index in [-0.39, 0.29) is 18.4 Å². The van der Waals surface area contributed by atoms with Crippen molar-refractivity contribution in [2.45, 2.75) is 38.8 Å². The van der Waals surface area contributed by atoms with Gasteiger partial charge in [-0.05, 0) is 57.0 Å². The normalized spacial score (nSPS) is 28.3. The zero-order chi connectivity index (χ0) is 13.9. The lowest BCUT2D eigenvalue weighted by atomic mass is 9.95. The molecule has 0 radical (unpaired) electrons. The van der Waals surface area contributed by atoms with Crippen molar-refractivity contribution in [1.82, 2.24) is 4.90 Å². The Labute approximate surface area is 119 Å². The Hall–Kier alpha value is -0.970. The Morgan fingerprint density at radius 2 is 1.80 bits per heavy atom. The fraction of sp³-hybridized carbons (Fsp3) is 0.625. The summed E-state index contributed by atoms with van der Waals surface area (Å²) in [6.07, 6.45) is 3.28. The Morgan fingerprint density at radius 1 is 1.15 bits per heavy atom. The summed E-state index contributed by atoms with van der Waals surface area (Å²) in [5.41, 5.74) is 1.20. The summed E-state index contributed by atoms with van der Waals surface area (Å²) in [5, 5.41) is 0. The molecule has 20 heavy (non-hydrogen) atoms. The molecule has 0 aliphatic carbocycles. The molecule has 0 saturated carbocycles. The summed E-state index contributed by atoms with van der Waals surface area (Å²) >= 11 is 0. The molecule has 0 aromatic heterocycles. The molecule has 0 N–H and O–H groups in total. The number of benzene rings is 1. The molecule has 110 valence electrons. The van der Waals surface area contributed by atoms with Crippen molar-refractivity contribution >= 4 is 0 Å². The summed E-state index contributed by atoms with van der Waals surface area (Å²) in [6.45, 7) is 5.18. The van der Waals surface area contributed by atoms with Gasteiger partial charge in [-0.15, -0.1) is 0 Å². The number of ether oxygens (including phenoxy) is 2. The van der Waals surface area contributed by atoms with Crippen molar-refractivity contribution in [3.8, 4) is 0 Å². The lowest BCUT2D eigenvalue weighted by molar-refractivity contribution is -0.394. The van der Waals surface area contributed by atoms with Gasteiger partial charge in [-0.2, -0.15) is 0 Å². The first kappa shape index (κ1) is 14.0.